The van der Waals surface area contributed by atoms with E-state index in [-0.39, 0.29) is 0 Å². The zero-order valence-electron chi connectivity index (χ0n) is 5.76. The Bertz CT molecular complexity index is 123. The van der Waals surface area contributed by atoms with E-state index in [1.807, 2.05) is 12.2 Å². The SMILES string of the molecule is C=C/C=C(/CC=C)SC. The molecule has 0 saturated carbocycles. The molecule has 0 bridgehead atoms. The molecule has 0 aromatic rings. The second kappa shape index (κ2) is 5.70. The Kier molecular flexibility index (Phi) is 5.43. The van der Waals surface area contributed by atoms with Gasteiger partial charge in [-0.2, -0.15) is 0 Å². The number of thioether (sulfide) groups is 1. The van der Waals surface area contributed by atoms with Gasteiger partial charge in [0.05, 0.1) is 0 Å². The van der Waals surface area contributed by atoms with Gasteiger partial charge in [-0.3, -0.25) is 0 Å². The highest BCUT2D eigenvalue weighted by Gasteiger charge is 1.86. The summed E-state index contributed by atoms with van der Waals surface area (Å²) in [5.74, 6) is 0. The van der Waals surface area contributed by atoms with Crippen LogP contribution < -0.4 is 0 Å². The molecule has 0 nitrogen and oxygen atoms in total. The van der Waals surface area contributed by atoms with E-state index in [1.165, 1.54) is 4.91 Å². The zero-order valence-corrected chi connectivity index (χ0v) is 6.58. The minimum atomic E-state index is 0.952. The molecular formula is C8H12S. The monoisotopic (exact) mass is 140 g/mol. The van der Waals surface area contributed by atoms with Crippen LogP contribution in [0.3, 0.4) is 0 Å². The van der Waals surface area contributed by atoms with Crippen molar-refractivity contribution in [1.29, 1.82) is 0 Å². The fourth-order valence-corrected chi connectivity index (χ4v) is 1.01. The standard InChI is InChI=1S/C8H12S/c1-4-6-8(9-3)7-5-2/h4-6H,1-2,7H2,3H3/b8-6-. The molecule has 0 rings (SSSR count). The Morgan fingerprint density at radius 3 is 2.56 bits per heavy atom. The second-order valence-corrected chi connectivity index (χ2v) is 2.50. The maximum Gasteiger partial charge on any atom is -0.00401 e. The van der Waals surface area contributed by atoms with Crippen molar-refractivity contribution in [2.75, 3.05) is 6.26 Å². The predicted molar refractivity (Wildman–Crippen MR) is 46.6 cm³/mol. The summed E-state index contributed by atoms with van der Waals surface area (Å²) in [5, 5.41) is 0. The van der Waals surface area contributed by atoms with E-state index in [9.17, 15) is 0 Å². The van der Waals surface area contributed by atoms with E-state index in [4.69, 9.17) is 0 Å². The topological polar surface area (TPSA) is 0 Å². The Balaban J connectivity index is 3.79. The largest absolute Gasteiger partial charge is 0.134 e. The molecule has 0 amide bonds. The van der Waals surface area contributed by atoms with Crippen molar-refractivity contribution >= 4 is 11.8 Å². The van der Waals surface area contributed by atoms with Gasteiger partial charge in [0.2, 0.25) is 0 Å². The highest BCUT2D eigenvalue weighted by Crippen LogP contribution is 2.15. The molecule has 0 aliphatic rings. The highest BCUT2D eigenvalue weighted by molar-refractivity contribution is 8.02. The zero-order chi connectivity index (χ0) is 7.11. The van der Waals surface area contributed by atoms with E-state index >= 15 is 0 Å². The van der Waals surface area contributed by atoms with E-state index in [2.05, 4.69) is 19.4 Å². The summed E-state index contributed by atoms with van der Waals surface area (Å²) in [6, 6.07) is 0. The summed E-state index contributed by atoms with van der Waals surface area (Å²) >= 11 is 1.74. The summed E-state index contributed by atoms with van der Waals surface area (Å²) in [6.45, 7) is 7.25. The Hall–Kier alpha value is -0.430. The third-order valence-corrected chi connectivity index (χ3v) is 1.74. The first-order valence-corrected chi connectivity index (χ1v) is 4.04. The van der Waals surface area contributed by atoms with Gasteiger partial charge in [-0.05, 0) is 17.6 Å². The number of allylic oxidation sites excluding steroid dienone is 4. The highest BCUT2D eigenvalue weighted by atomic mass is 32.2. The molecule has 0 unspecified atom stereocenters. The van der Waals surface area contributed by atoms with Crippen LogP contribution in [0.5, 0.6) is 0 Å². The fraction of sp³-hybridized carbons (Fsp3) is 0.250. The van der Waals surface area contributed by atoms with Gasteiger partial charge in [0.15, 0.2) is 0 Å². The maximum absolute atomic E-state index is 3.64. The third kappa shape index (κ3) is 4.10. The van der Waals surface area contributed by atoms with Gasteiger partial charge in [0.1, 0.15) is 0 Å². The molecule has 0 N–H and O–H groups in total. The summed E-state index contributed by atoms with van der Waals surface area (Å²) in [5.41, 5.74) is 0. The second-order valence-electron chi connectivity index (χ2n) is 1.57. The number of rotatable bonds is 4. The van der Waals surface area contributed by atoms with Gasteiger partial charge >= 0.3 is 0 Å². The van der Waals surface area contributed by atoms with E-state index in [0.717, 1.165) is 6.42 Å². The Morgan fingerprint density at radius 1 is 1.56 bits per heavy atom. The quantitative estimate of drug-likeness (QED) is 0.427. The first-order valence-electron chi connectivity index (χ1n) is 2.81. The minimum absolute atomic E-state index is 0.952. The van der Waals surface area contributed by atoms with Crippen molar-refractivity contribution in [1.82, 2.24) is 0 Å². The molecule has 0 aliphatic heterocycles. The van der Waals surface area contributed by atoms with Crippen LogP contribution in [-0.4, -0.2) is 6.26 Å². The fourth-order valence-electron chi connectivity index (χ4n) is 0.493. The summed E-state index contributed by atoms with van der Waals surface area (Å²) in [7, 11) is 0. The number of hydrogen-bond acceptors (Lipinski definition) is 1. The molecule has 0 spiro atoms. The van der Waals surface area contributed by atoms with Gasteiger partial charge in [0, 0.05) is 0 Å². The van der Waals surface area contributed by atoms with Crippen LogP contribution in [0, 0.1) is 0 Å². The lowest BCUT2D eigenvalue weighted by atomic mass is 10.3. The van der Waals surface area contributed by atoms with Crippen molar-refractivity contribution in [2.45, 2.75) is 6.42 Å². The van der Waals surface area contributed by atoms with E-state index in [0.29, 0.717) is 0 Å². The summed E-state index contributed by atoms with van der Waals surface area (Å²) in [4.78, 5) is 1.31. The van der Waals surface area contributed by atoms with Crippen molar-refractivity contribution < 1.29 is 0 Å². The normalized spacial score (nSPS) is 11.0. The van der Waals surface area contributed by atoms with Gasteiger partial charge in [-0.1, -0.05) is 24.8 Å². The van der Waals surface area contributed by atoms with Crippen LogP contribution in [0.4, 0.5) is 0 Å². The van der Waals surface area contributed by atoms with Gasteiger partial charge in [-0.25, -0.2) is 0 Å². The molecule has 0 aliphatic carbocycles. The first kappa shape index (κ1) is 8.57. The van der Waals surface area contributed by atoms with Crippen molar-refractivity contribution in [3.63, 3.8) is 0 Å². The molecule has 9 heavy (non-hydrogen) atoms. The van der Waals surface area contributed by atoms with E-state index in [1.54, 1.807) is 17.8 Å². The minimum Gasteiger partial charge on any atom is -0.134 e. The first-order chi connectivity index (χ1) is 4.35. The van der Waals surface area contributed by atoms with Crippen LogP contribution in [0.2, 0.25) is 0 Å². The lowest BCUT2D eigenvalue weighted by molar-refractivity contribution is 1.37. The molecule has 0 fully saturated rings. The molecule has 0 aromatic carbocycles. The molecular weight excluding hydrogens is 128 g/mol. The van der Waals surface area contributed by atoms with Gasteiger partial charge in [-0.15, -0.1) is 18.3 Å². The summed E-state index contributed by atoms with van der Waals surface area (Å²) in [6.07, 6.45) is 8.71. The average molecular weight is 140 g/mol. The predicted octanol–water partition coefficient (Wildman–Crippen LogP) is 3.00. The van der Waals surface area contributed by atoms with Crippen molar-refractivity contribution in [3.8, 4) is 0 Å². The van der Waals surface area contributed by atoms with Crippen LogP contribution in [0.1, 0.15) is 6.42 Å². The molecule has 0 atom stereocenters. The Morgan fingerprint density at radius 2 is 2.22 bits per heavy atom. The van der Waals surface area contributed by atoms with Crippen molar-refractivity contribution in [2.24, 2.45) is 0 Å². The Labute approximate surface area is 61.3 Å². The van der Waals surface area contributed by atoms with Crippen LogP contribution in [0.25, 0.3) is 0 Å². The van der Waals surface area contributed by atoms with Gasteiger partial charge in [0.25, 0.3) is 0 Å². The molecule has 0 radical (unpaired) electrons. The maximum atomic E-state index is 3.64. The molecule has 0 heterocycles. The molecule has 0 aromatic heterocycles. The van der Waals surface area contributed by atoms with Crippen LogP contribution in [0.15, 0.2) is 36.3 Å². The molecule has 0 saturated heterocycles. The summed E-state index contributed by atoms with van der Waals surface area (Å²) < 4.78 is 0. The smallest absolute Gasteiger partial charge is 0.00401 e. The van der Waals surface area contributed by atoms with Crippen molar-refractivity contribution in [3.05, 3.63) is 36.3 Å². The molecule has 1 heteroatoms. The van der Waals surface area contributed by atoms with Crippen LogP contribution >= 0.6 is 11.8 Å². The van der Waals surface area contributed by atoms with Gasteiger partial charge < -0.3 is 0 Å². The molecule has 50 valence electrons. The lowest BCUT2D eigenvalue weighted by Gasteiger charge is -1.94. The average Bonchev–Trinajstić information content (AvgIpc) is 1.88. The van der Waals surface area contributed by atoms with E-state index < -0.39 is 0 Å². The number of hydrogen-bond donors (Lipinski definition) is 0. The third-order valence-electron chi connectivity index (χ3n) is 0.911. The van der Waals surface area contributed by atoms with Crippen LogP contribution in [-0.2, 0) is 0 Å². The lowest BCUT2D eigenvalue weighted by Crippen LogP contribution is -1.69.